The minimum absolute atomic E-state index is 0.359. The number of hydrogen-bond acceptors (Lipinski definition) is 3. The SMILES string of the molecule is Clc1nccn2c(-c3ccccc3I)nnc12. The molecule has 0 amide bonds. The first kappa shape index (κ1) is 10.9. The largest absolute Gasteiger partial charge is 0.278 e. The molecule has 0 radical (unpaired) electrons. The zero-order valence-corrected chi connectivity index (χ0v) is 11.4. The number of hydrogen-bond donors (Lipinski definition) is 0. The van der Waals surface area contributed by atoms with E-state index >= 15 is 0 Å². The normalized spacial score (nSPS) is 10.9. The molecule has 17 heavy (non-hydrogen) atoms. The van der Waals surface area contributed by atoms with E-state index in [1.54, 1.807) is 12.4 Å². The van der Waals surface area contributed by atoms with Crippen molar-refractivity contribution in [3.8, 4) is 11.4 Å². The van der Waals surface area contributed by atoms with E-state index in [-0.39, 0.29) is 0 Å². The number of rotatable bonds is 1. The minimum atomic E-state index is 0.359. The van der Waals surface area contributed by atoms with E-state index in [2.05, 4.69) is 37.8 Å². The van der Waals surface area contributed by atoms with Gasteiger partial charge in [-0.15, -0.1) is 10.2 Å². The van der Waals surface area contributed by atoms with Crippen LogP contribution < -0.4 is 0 Å². The fraction of sp³-hybridized carbons (Fsp3) is 0. The summed E-state index contributed by atoms with van der Waals surface area (Å²) in [5, 5.41) is 8.58. The molecule has 0 fully saturated rings. The zero-order valence-electron chi connectivity index (χ0n) is 8.51. The van der Waals surface area contributed by atoms with Gasteiger partial charge in [-0.3, -0.25) is 4.40 Å². The van der Waals surface area contributed by atoms with Crippen LogP contribution in [0.15, 0.2) is 36.7 Å². The van der Waals surface area contributed by atoms with Gasteiger partial charge in [0.05, 0.1) is 0 Å². The quantitative estimate of drug-likeness (QED) is 0.630. The van der Waals surface area contributed by atoms with Gasteiger partial charge in [0, 0.05) is 21.5 Å². The second-order valence-corrected chi connectivity index (χ2v) is 4.94. The van der Waals surface area contributed by atoms with Crippen LogP contribution in [0.3, 0.4) is 0 Å². The summed E-state index contributed by atoms with van der Waals surface area (Å²) in [6.07, 6.45) is 3.44. The molecule has 3 aromatic rings. The molecule has 0 aliphatic carbocycles. The van der Waals surface area contributed by atoms with Crippen LogP contribution in [-0.2, 0) is 0 Å². The van der Waals surface area contributed by atoms with Gasteiger partial charge in [0.15, 0.2) is 16.6 Å². The first-order chi connectivity index (χ1) is 8.27. The van der Waals surface area contributed by atoms with Crippen molar-refractivity contribution < 1.29 is 0 Å². The van der Waals surface area contributed by atoms with Crippen molar-refractivity contribution >= 4 is 39.8 Å². The second kappa shape index (κ2) is 4.23. The molecule has 3 rings (SSSR count). The summed E-state index contributed by atoms with van der Waals surface area (Å²) < 4.78 is 2.96. The van der Waals surface area contributed by atoms with Crippen LogP contribution in [0.25, 0.3) is 17.0 Å². The van der Waals surface area contributed by atoms with Gasteiger partial charge in [-0.05, 0) is 28.7 Å². The molecule has 0 spiro atoms. The van der Waals surface area contributed by atoms with Crippen LogP contribution in [0.1, 0.15) is 0 Å². The van der Waals surface area contributed by atoms with Crippen LogP contribution >= 0.6 is 34.2 Å². The molecule has 0 bridgehead atoms. The molecule has 0 saturated carbocycles. The third-order valence-electron chi connectivity index (χ3n) is 2.40. The van der Waals surface area contributed by atoms with Crippen LogP contribution in [0.5, 0.6) is 0 Å². The van der Waals surface area contributed by atoms with E-state index in [0.29, 0.717) is 10.8 Å². The molecule has 2 heterocycles. The minimum Gasteiger partial charge on any atom is -0.278 e. The Balaban J connectivity index is 2.33. The van der Waals surface area contributed by atoms with Crippen molar-refractivity contribution in [2.24, 2.45) is 0 Å². The summed E-state index contributed by atoms with van der Waals surface area (Å²) in [4.78, 5) is 3.98. The van der Waals surface area contributed by atoms with E-state index in [4.69, 9.17) is 11.6 Å². The van der Waals surface area contributed by atoms with Gasteiger partial charge >= 0.3 is 0 Å². The molecule has 0 atom stereocenters. The Kier molecular flexibility index (Phi) is 2.71. The standard InChI is InChI=1S/C11H6ClIN4/c12-9-11-16-15-10(17(11)6-5-14-9)7-3-1-2-4-8(7)13/h1-6H. The number of aromatic nitrogens is 4. The third kappa shape index (κ3) is 1.79. The molecule has 0 aliphatic heterocycles. The first-order valence-corrected chi connectivity index (χ1v) is 6.33. The van der Waals surface area contributed by atoms with Gasteiger partial charge in [0.25, 0.3) is 0 Å². The summed E-state index contributed by atoms with van der Waals surface area (Å²) in [5.41, 5.74) is 1.60. The fourth-order valence-electron chi connectivity index (χ4n) is 1.62. The summed E-state index contributed by atoms with van der Waals surface area (Å²) in [7, 11) is 0. The van der Waals surface area contributed by atoms with Crippen molar-refractivity contribution in [2.45, 2.75) is 0 Å². The third-order valence-corrected chi connectivity index (χ3v) is 3.61. The molecule has 0 unspecified atom stereocenters. The number of nitrogens with zero attached hydrogens (tertiary/aromatic N) is 4. The van der Waals surface area contributed by atoms with E-state index in [1.165, 1.54) is 0 Å². The van der Waals surface area contributed by atoms with Crippen molar-refractivity contribution in [2.75, 3.05) is 0 Å². The molecule has 84 valence electrons. The number of benzene rings is 1. The summed E-state index contributed by atoms with van der Waals surface area (Å²) >= 11 is 8.23. The monoisotopic (exact) mass is 356 g/mol. The van der Waals surface area contributed by atoms with E-state index < -0.39 is 0 Å². The van der Waals surface area contributed by atoms with E-state index in [9.17, 15) is 0 Å². The van der Waals surface area contributed by atoms with E-state index in [0.717, 1.165) is 15.0 Å². The van der Waals surface area contributed by atoms with Gasteiger partial charge in [0.2, 0.25) is 0 Å². The lowest BCUT2D eigenvalue weighted by Gasteiger charge is -2.02. The Bertz CT molecular complexity index is 695. The predicted molar refractivity (Wildman–Crippen MR) is 73.9 cm³/mol. The Labute approximate surface area is 116 Å². The fourth-order valence-corrected chi connectivity index (χ4v) is 2.44. The number of halogens is 2. The maximum absolute atomic E-state index is 5.96. The Morgan fingerprint density at radius 1 is 1.18 bits per heavy atom. The highest BCUT2D eigenvalue weighted by atomic mass is 127. The summed E-state index contributed by atoms with van der Waals surface area (Å²) in [5.74, 6) is 0.773. The molecule has 0 N–H and O–H groups in total. The lowest BCUT2D eigenvalue weighted by Crippen LogP contribution is -1.92. The van der Waals surface area contributed by atoms with Crippen molar-refractivity contribution in [3.05, 3.63) is 45.4 Å². The topological polar surface area (TPSA) is 43.1 Å². The highest BCUT2D eigenvalue weighted by Gasteiger charge is 2.12. The smallest absolute Gasteiger partial charge is 0.198 e. The predicted octanol–water partition coefficient (Wildman–Crippen LogP) is 3.05. The molecule has 0 aliphatic rings. The van der Waals surface area contributed by atoms with Gasteiger partial charge in [-0.25, -0.2) is 4.98 Å². The van der Waals surface area contributed by atoms with Crippen molar-refractivity contribution in [3.63, 3.8) is 0 Å². The van der Waals surface area contributed by atoms with Gasteiger partial charge in [-0.2, -0.15) is 0 Å². The molecule has 4 nitrogen and oxygen atoms in total. The van der Waals surface area contributed by atoms with Gasteiger partial charge in [-0.1, -0.05) is 29.8 Å². The van der Waals surface area contributed by atoms with Gasteiger partial charge in [0.1, 0.15) is 0 Å². The van der Waals surface area contributed by atoms with Crippen molar-refractivity contribution in [1.82, 2.24) is 19.6 Å². The zero-order chi connectivity index (χ0) is 11.8. The average molecular weight is 357 g/mol. The molecular formula is C11H6ClIN4. The van der Waals surface area contributed by atoms with Crippen LogP contribution in [0, 0.1) is 3.57 Å². The average Bonchev–Trinajstić information content (AvgIpc) is 2.75. The first-order valence-electron chi connectivity index (χ1n) is 4.87. The highest BCUT2D eigenvalue weighted by Crippen LogP contribution is 2.25. The molecule has 0 saturated heterocycles. The highest BCUT2D eigenvalue weighted by molar-refractivity contribution is 14.1. The van der Waals surface area contributed by atoms with Crippen LogP contribution in [0.4, 0.5) is 0 Å². The van der Waals surface area contributed by atoms with Crippen molar-refractivity contribution in [1.29, 1.82) is 0 Å². The maximum Gasteiger partial charge on any atom is 0.198 e. The maximum atomic E-state index is 5.96. The van der Waals surface area contributed by atoms with E-state index in [1.807, 2.05) is 28.7 Å². The Morgan fingerprint density at radius 3 is 2.82 bits per heavy atom. The molecule has 6 heteroatoms. The Morgan fingerprint density at radius 2 is 2.00 bits per heavy atom. The van der Waals surface area contributed by atoms with Gasteiger partial charge < -0.3 is 0 Å². The molecule has 1 aromatic carbocycles. The Hall–Kier alpha value is -1.21. The molecule has 2 aromatic heterocycles. The van der Waals surface area contributed by atoms with Crippen LogP contribution in [0.2, 0.25) is 5.15 Å². The summed E-state index contributed by atoms with van der Waals surface area (Å²) in [6, 6.07) is 8.00. The second-order valence-electron chi connectivity index (χ2n) is 3.42. The summed E-state index contributed by atoms with van der Waals surface area (Å²) in [6.45, 7) is 0. The molecular weight excluding hydrogens is 351 g/mol. The lowest BCUT2D eigenvalue weighted by atomic mass is 10.2. The number of fused-ring (bicyclic) bond motifs is 1. The van der Waals surface area contributed by atoms with Crippen LogP contribution in [-0.4, -0.2) is 19.6 Å². The lowest BCUT2D eigenvalue weighted by molar-refractivity contribution is 1.11.